The fourth-order valence-electron chi connectivity index (χ4n) is 2.67. The van der Waals surface area contributed by atoms with Crippen LogP contribution in [0, 0.1) is 13.8 Å². The van der Waals surface area contributed by atoms with Crippen molar-refractivity contribution < 1.29 is 14.3 Å². The Morgan fingerprint density at radius 3 is 2.54 bits per heavy atom. The smallest absolute Gasteiger partial charge is 0.251 e. The van der Waals surface area contributed by atoms with E-state index >= 15 is 0 Å². The molecular formula is C20H25NO3. The van der Waals surface area contributed by atoms with Crippen molar-refractivity contribution in [1.29, 1.82) is 0 Å². The predicted octanol–water partition coefficient (Wildman–Crippen LogP) is 4.20. The number of methoxy groups -OCH3 is 1. The molecule has 2 aromatic carbocycles. The largest absolute Gasteiger partial charge is 0.493 e. The SMILES string of the molecule is CCOc1ccc(C(=O)NC(C)c2cc(C)ccc2C)cc1OC. The summed E-state index contributed by atoms with van der Waals surface area (Å²) in [5.41, 5.74) is 4.02. The predicted molar refractivity (Wildman–Crippen MR) is 96.0 cm³/mol. The molecule has 0 bridgehead atoms. The summed E-state index contributed by atoms with van der Waals surface area (Å²) < 4.78 is 10.8. The number of rotatable bonds is 6. The molecule has 0 fully saturated rings. The third-order valence-electron chi connectivity index (χ3n) is 3.97. The molecule has 0 heterocycles. The lowest BCUT2D eigenvalue weighted by Crippen LogP contribution is -2.27. The zero-order valence-electron chi connectivity index (χ0n) is 15.0. The molecule has 0 aliphatic heterocycles. The van der Waals surface area contributed by atoms with Gasteiger partial charge in [-0.1, -0.05) is 23.8 Å². The minimum absolute atomic E-state index is 0.0741. The first-order valence-corrected chi connectivity index (χ1v) is 8.15. The third kappa shape index (κ3) is 4.07. The highest BCUT2D eigenvalue weighted by molar-refractivity contribution is 5.95. The van der Waals surface area contributed by atoms with Crippen LogP contribution >= 0.6 is 0 Å². The molecule has 0 aliphatic carbocycles. The van der Waals surface area contributed by atoms with Gasteiger partial charge in [-0.05, 0) is 57.0 Å². The molecule has 2 rings (SSSR count). The van der Waals surface area contributed by atoms with Crippen molar-refractivity contribution in [2.45, 2.75) is 33.7 Å². The molecule has 1 atom stereocenters. The lowest BCUT2D eigenvalue weighted by molar-refractivity contribution is 0.0939. The maximum atomic E-state index is 12.6. The van der Waals surface area contributed by atoms with E-state index in [0.29, 0.717) is 23.7 Å². The summed E-state index contributed by atoms with van der Waals surface area (Å²) in [6.07, 6.45) is 0. The fraction of sp³-hybridized carbons (Fsp3) is 0.350. The Hall–Kier alpha value is -2.49. The van der Waals surface area contributed by atoms with Crippen LogP contribution in [0.25, 0.3) is 0 Å². The number of ether oxygens (including phenoxy) is 2. The molecule has 4 nitrogen and oxygen atoms in total. The molecular weight excluding hydrogens is 302 g/mol. The van der Waals surface area contributed by atoms with Crippen LogP contribution in [0.1, 0.15) is 46.9 Å². The average molecular weight is 327 g/mol. The first kappa shape index (κ1) is 17.9. The number of benzene rings is 2. The Kier molecular flexibility index (Phi) is 5.85. The minimum atomic E-state index is -0.134. The number of carbonyl (C=O) groups is 1. The monoisotopic (exact) mass is 327 g/mol. The van der Waals surface area contributed by atoms with Gasteiger partial charge in [-0.25, -0.2) is 0 Å². The van der Waals surface area contributed by atoms with Gasteiger partial charge in [0, 0.05) is 5.56 Å². The second-order valence-electron chi connectivity index (χ2n) is 5.85. The molecule has 1 N–H and O–H groups in total. The summed E-state index contributed by atoms with van der Waals surface area (Å²) in [4.78, 5) is 12.6. The zero-order valence-corrected chi connectivity index (χ0v) is 15.0. The number of nitrogens with one attached hydrogen (secondary N) is 1. The maximum absolute atomic E-state index is 12.6. The lowest BCUT2D eigenvalue weighted by Gasteiger charge is -2.18. The zero-order chi connectivity index (χ0) is 17.7. The summed E-state index contributed by atoms with van der Waals surface area (Å²) in [5, 5.41) is 3.05. The van der Waals surface area contributed by atoms with Crippen LogP contribution in [-0.4, -0.2) is 19.6 Å². The van der Waals surface area contributed by atoms with E-state index in [1.165, 1.54) is 5.56 Å². The van der Waals surface area contributed by atoms with E-state index in [1.54, 1.807) is 25.3 Å². The molecule has 128 valence electrons. The van der Waals surface area contributed by atoms with E-state index in [1.807, 2.05) is 13.8 Å². The molecule has 2 aromatic rings. The van der Waals surface area contributed by atoms with Gasteiger partial charge in [-0.3, -0.25) is 4.79 Å². The molecule has 4 heteroatoms. The van der Waals surface area contributed by atoms with Crippen LogP contribution < -0.4 is 14.8 Å². The van der Waals surface area contributed by atoms with Crippen LogP contribution in [-0.2, 0) is 0 Å². The van der Waals surface area contributed by atoms with Crippen LogP contribution in [0.15, 0.2) is 36.4 Å². The Labute approximate surface area is 143 Å². The van der Waals surface area contributed by atoms with Gasteiger partial charge in [0.25, 0.3) is 5.91 Å². The lowest BCUT2D eigenvalue weighted by atomic mass is 9.99. The number of amides is 1. The van der Waals surface area contributed by atoms with E-state index in [-0.39, 0.29) is 11.9 Å². The van der Waals surface area contributed by atoms with Gasteiger partial charge in [0.15, 0.2) is 11.5 Å². The Morgan fingerprint density at radius 2 is 1.88 bits per heavy atom. The molecule has 0 saturated heterocycles. The van der Waals surface area contributed by atoms with Crippen LogP contribution in [0.4, 0.5) is 0 Å². The van der Waals surface area contributed by atoms with Gasteiger partial charge in [-0.15, -0.1) is 0 Å². The fourth-order valence-corrected chi connectivity index (χ4v) is 2.67. The van der Waals surface area contributed by atoms with Gasteiger partial charge in [0.1, 0.15) is 0 Å². The van der Waals surface area contributed by atoms with Gasteiger partial charge in [-0.2, -0.15) is 0 Å². The maximum Gasteiger partial charge on any atom is 0.251 e. The number of hydrogen-bond donors (Lipinski definition) is 1. The third-order valence-corrected chi connectivity index (χ3v) is 3.97. The minimum Gasteiger partial charge on any atom is -0.493 e. The Balaban J connectivity index is 2.18. The summed E-state index contributed by atoms with van der Waals surface area (Å²) in [5.74, 6) is 1.06. The first-order chi connectivity index (χ1) is 11.5. The van der Waals surface area contributed by atoms with E-state index in [2.05, 4.69) is 37.4 Å². The highest BCUT2D eigenvalue weighted by Crippen LogP contribution is 2.28. The van der Waals surface area contributed by atoms with Crippen molar-refractivity contribution in [3.63, 3.8) is 0 Å². The number of carbonyl (C=O) groups excluding carboxylic acids is 1. The van der Waals surface area contributed by atoms with Crippen molar-refractivity contribution in [2.75, 3.05) is 13.7 Å². The van der Waals surface area contributed by atoms with Crippen molar-refractivity contribution in [3.8, 4) is 11.5 Å². The molecule has 0 saturated carbocycles. The molecule has 0 aliphatic rings. The van der Waals surface area contributed by atoms with E-state index < -0.39 is 0 Å². The van der Waals surface area contributed by atoms with Gasteiger partial charge < -0.3 is 14.8 Å². The molecule has 1 amide bonds. The second-order valence-corrected chi connectivity index (χ2v) is 5.85. The van der Waals surface area contributed by atoms with E-state index in [9.17, 15) is 4.79 Å². The molecule has 0 aromatic heterocycles. The van der Waals surface area contributed by atoms with Crippen molar-refractivity contribution in [2.24, 2.45) is 0 Å². The topological polar surface area (TPSA) is 47.6 Å². The molecule has 24 heavy (non-hydrogen) atoms. The Bertz CT molecular complexity index is 725. The highest BCUT2D eigenvalue weighted by atomic mass is 16.5. The molecule has 0 spiro atoms. The second kappa shape index (κ2) is 7.86. The summed E-state index contributed by atoms with van der Waals surface area (Å²) in [7, 11) is 1.57. The van der Waals surface area contributed by atoms with Gasteiger partial charge >= 0.3 is 0 Å². The number of hydrogen-bond acceptors (Lipinski definition) is 3. The van der Waals surface area contributed by atoms with Crippen LogP contribution in [0.5, 0.6) is 11.5 Å². The molecule has 0 radical (unpaired) electrons. The normalized spacial score (nSPS) is 11.7. The summed E-state index contributed by atoms with van der Waals surface area (Å²) in [6, 6.07) is 11.4. The highest BCUT2D eigenvalue weighted by Gasteiger charge is 2.15. The van der Waals surface area contributed by atoms with Gasteiger partial charge in [0.2, 0.25) is 0 Å². The molecule has 1 unspecified atom stereocenters. The van der Waals surface area contributed by atoms with Crippen molar-refractivity contribution >= 4 is 5.91 Å². The summed E-state index contributed by atoms with van der Waals surface area (Å²) in [6.45, 7) is 8.55. The van der Waals surface area contributed by atoms with Crippen LogP contribution in [0.2, 0.25) is 0 Å². The van der Waals surface area contributed by atoms with E-state index in [4.69, 9.17) is 9.47 Å². The van der Waals surface area contributed by atoms with Crippen LogP contribution in [0.3, 0.4) is 0 Å². The number of aryl methyl sites for hydroxylation is 2. The average Bonchev–Trinajstić information content (AvgIpc) is 2.57. The standard InChI is InChI=1S/C20H25NO3/c1-6-24-18-10-9-16(12-19(18)23-5)20(22)21-15(4)17-11-13(2)7-8-14(17)3/h7-12,15H,6H2,1-5H3,(H,21,22). The van der Waals surface area contributed by atoms with Crippen molar-refractivity contribution in [1.82, 2.24) is 5.32 Å². The van der Waals surface area contributed by atoms with Gasteiger partial charge in [0.05, 0.1) is 19.8 Å². The summed E-state index contributed by atoms with van der Waals surface area (Å²) >= 11 is 0. The van der Waals surface area contributed by atoms with Crippen molar-refractivity contribution in [3.05, 3.63) is 58.7 Å². The quantitative estimate of drug-likeness (QED) is 0.865. The van der Waals surface area contributed by atoms with E-state index in [0.717, 1.165) is 11.1 Å². The first-order valence-electron chi connectivity index (χ1n) is 8.15. The Morgan fingerprint density at radius 1 is 1.12 bits per heavy atom.